The molecule has 1 N–H and O–H groups in total. The monoisotopic (exact) mass is 131 g/mol. The Morgan fingerprint density at radius 1 is 1.44 bits per heavy atom. The summed E-state index contributed by atoms with van der Waals surface area (Å²) in [5.41, 5.74) is 0. The lowest BCUT2D eigenvalue weighted by Crippen LogP contribution is -2.18. The second kappa shape index (κ2) is 3.59. The smallest absolute Gasteiger partial charge is 0.414 e. The average molecular weight is 131 g/mol. The summed E-state index contributed by atoms with van der Waals surface area (Å²) < 4.78 is 4.17. The Kier molecular flexibility index (Phi) is 3.04. The van der Waals surface area contributed by atoms with Crippen molar-refractivity contribution in [3.63, 3.8) is 0 Å². The molecule has 1 aliphatic heterocycles. The van der Waals surface area contributed by atoms with Crippen LogP contribution in [0, 0.1) is 0 Å². The molecular formula is C4H5NO4. The van der Waals surface area contributed by atoms with Gasteiger partial charge in [0, 0.05) is 0 Å². The van der Waals surface area contributed by atoms with E-state index in [2.05, 4.69) is 4.74 Å². The van der Waals surface area contributed by atoms with Crippen molar-refractivity contribution in [2.45, 2.75) is 0 Å². The maximum absolute atomic E-state index is 10.00. The van der Waals surface area contributed by atoms with Crippen LogP contribution in [0.4, 0.5) is 4.79 Å². The zero-order valence-electron chi connectivity index (χ0n) is 4.55. The van der Waals surface area contributed by atoms with Gasteiger partial charge in [0.05, 0.1) is 0 Å². The van der Waals surface area contributed by atoms with Gasteiger partial charge in [-0.1, -0.05) is 0 Å². The van der Waals surface area contributed by atoms with Crippen LogP contribution >= 0.6 is 0 Å². The van der Waals surface area contributed by atoms with Gasteiger partial charge in [0.25, 0.3) is 5.91 Å². The molecule has 0 saturated carbocycles. The van der Waals surface area contributed by atoms with Crippen LogP contribution in [-0.2, 0) is 14.3 Å². The van der Waals surface area contributed by atoms with Crippen molar-refractivity contribution in [2.24, 2.45) is 0 Å². The third-order valence-corrected chi connectivity index (χ3v) is 0.576. The topological polar surface area (TPSA) is 72.5 Å². The lowest BCUT2D eigenvalue weighted by atomic mass is 10.7. The van der Waals surface area contributed by atoms with Crippen molar-refractivity contribution in [1.29, 1.82) is 0 Å². The fourth-order valence-electron chi connectivity index (χ4n) is 0.317. The summed E-state index contributed by atoms with van der Waals surface area (Å²) in [7, 11) is 0. The minimum atomic E-state index is -0.648. The maximum Gasteiger partial charge on any atom is 0.414 e. The third kappa shape index (κ3) is 2.43. The van der Waals surface area contributed by atoms with Gasteiger partial charge in [-0.15, -0.1) is 0 Å². The molecule has 0 aromatic carbocycles. The Balaban J connectivity index is 0.000000291. The SMILES string of the molecule is C=O.O=C1COC(=O)N1. The van der Waals surface area contributed by atoms with Gasteiger partial charge in [0.15, 0.2) is 6.61 Å². The van der Waals surface area contributed by atoms with E-state index in [9.17, 15) is 9.59 Å². The quantitative estimate of drug-likeness (QED) is 0.461. The number of rotatable bonds is 0. The number of cyclic esters (lactones) is 1. The Hall–Kier alpha value is -1.39. The van der Waals surface area contributed by atoms with Crippen LogP contribution < -0.4 is 5.32 Å². The van der Waals surface area contributed by atoms with E-state index in [0.717, 1.165) is 0 Å². The highest BCUT2D eigenvalue weighted by Crippen LogP contribution is 1.85. The number of hydrogen-bond acceptors (Lipinski definition) is 4. The van der Waals surface area contributed by atoms with Gasteiger partial charge in [0.2, 0.25) is 0 Å². The molecule has 0 radical (unpaired) electrons. The molecule has 0 aromatic rings. The van der Waals surface area contributed by atoms with E-state index >= 15 is 0 Å². The van der Waals surface area contributed by atoms with Gasteiger partial charge in [-0.2, -0.15) is 0 Å². The number of ether oxygens (including phenoxy) is 1. The first kappa shape index (κ1) is 7.61. The molecule has 0 spiro atoms. The number of carbonyl (C=O) groups excluding carboxylic acids is 3. The number of hydrogen-bond donors (Lipinski definition) is 1. The second-order valence-corrected chi connectivity index (χ2v) is 1.12. The molecule has 5 heteroatoms. The van der Waals surface area contributed by atoms with Gasteiger partial charge in [-0.3, -0.25) is 10.1 Å². The molecule has 1 fully saturated rings. The molecule has 5 nitrogen and oxygen atoms in total. The summed E-state index contributed by atoms with van der Waals surface area (Å²) in [4.78, 5) is 27.9. The molecule has 1 saturated heterocycles. The lowest BCUT2D eigenvalue weighted by Gasteiger charge is -1.78. The molecule has 2 amide bonds. The first-order chi connectivity index (χ1) is 4.29. The summed E-state index contributed by atoms with van der Waals surface area (Å²) in [5.74, 6) is -0.370. The minimum absolute atomic E-state index is 0.126. The Labute approximate surface area is 51.0 Å². The molecule has 0 atom stereocenters. The van der Waals surface area contributed by atoms with Crippen LogP contribution in [0.15, 0.2) is 0 Å². The van der Waals surface area contributed by atoms with Gasteiger partial charge in [-0.25, -0.2) is 4.79 Å². The van der Waals surface area contributed by atoms with Gasteiger partial charge >= 0.3 is 6.09 Å². The van der Waals surface area contributed by atoms with E-state index in [1.807, 2.05) is 12.1 Å². The molecule has 0 bridgehead atoms. The number of nitrogens with one attached hydrogen (secondary N) is 1. The van der Waals surface area contributed by atoms with Crippen molar-refractivity contribution < 1.29 is 19.1 Å². The normalized spacial score (nSPS) is 15.1. The third-order valence-electron chi connectivity index (χ3n) is 0.576. The van der Waals surface area contributed by atoms with E-state index in [-0.39, 0.29) is 12.5 Å². The highest BCUT2D eigenvalue weighted by Gasteiger charge is 2.17. The van der Waals surface area contributed by atoms with E-state index in [1.54, 1.807) is 0 Å². The van der Waals surface area contributed by atoms with Crippen molar-refractivity contribution in [3.05, 3.63) is 0 Å². The van der Waals surface area contributed by atoms with E-state index < -0.39 is 6.09 Å². The number of carbonyl (C=O) groups is 3. The summed E-state index contributed by atoms with van der Waals surface area (Å²) in [6.45, 7) is 1.87. The Morgan fingerprint density at radius 3 is 2.11 bits per heavy atom. The molecule has 9 heavy (non-hydrogen) atoms. The first-order valence-electron chi connectivity index (χ1n) is 2.04. The molecule has 0 unspecified atom stereocenters. The first-order valence-corrected chi connectivity index (χ1v) is 2.04. The zero-order chi connectivity index (χ0) is 7.28. The highest BCUT2D eigenvalue weighted by atomic mass is 16.6. The summed E-state index contributed by atoms with van der Waals surface area (Å²) in [6.07, 6.45) is -0.648. The Bertz CT molecular complexity index is 119. The van der Waals surface area contributed by atoms with Crippen molar-refractivity contribution in [1.82, 2.24) is 5.32 Å². The van der Waals surface area contributed by atoms with E-state index in [0.29, 0.717) is 0 Å². The van der Waals surface area contributed by atoms with Crippen LogP contribution in [0.25, 0.3) is 0 Å². The molecule has 0 aromatic heterocycles. The van der Waals surface area contributed by atoms with Crippen LogP contribution in [0.1, 0.15) is 0 Å². The number of imide groups is 1. The zero-order valence-corrected chi connectivity index (χ0v) is 4.55. The summed E-state index contributed by atoms with van der Waals surface area (Å²) >= 11 is 0. The predicted molar refractivity (Wildman–Crippen MR) is 26.6 cm³/mol. The van der Waals surface area contributed by atoms with Crippen LogP contribution in [-0.4, -0.2) is 25.4 Å². The van der Waals surface area contributed by atoms with Crippen LogP contribution in [0.3, 0.4) is 0 Å². The fraction of sp³-hybridized carbons (Fsp3) is 0.250. The van der Waals surface area contributed by atoms with E-state index in [4.69, 9.17) is 4.79 Å². The lowest BCUT2D eigenvalue weighted by molar-refractivity contribution is -0.119. The van der Waals surface area contributed by atoms with Crippen molar-refractivity contribution in [2.75, 3.05) is 6.61 Å². The van der Waals surface area contributed by atoms with Crippen molar-refractivity contribution >= 4 is 18.8 Å². The molecule has 1 heterocycles. The van der Waals surface area contributed by atoms with Gasteiger partial charge in [-0.05, 0) is 0 Å². The predicted octanol–water partition coefficient (Wildman–Crippen LogP) is -0.932. The average Bonchev–Trinajstić information content (AvgIpc) is 2.20. The Morgan fingerprint density at radius 2 is 2.00 bits per heavy atom. The van der Waals surface area contributed by atoms with Crippen LogP contribution in [0.5, 0.6) is 0 Å². The molecule has 50 valence electrons. The maximum atomic E-state index is 10.00. The summed E-state index contributed by atoms with van der Waals surface area (Å²) in [6, 6.07) is 0. The van der Waals surface area contributed by atoms with Gasteiger partial charge < -0.3 is 9.53 Å². The molecule has 1 rings (SSSR count). The van der Waals surface area contributed by atoms with Crippen molar-refractivity contribution in [3.8, 4) is 0 Å². The fourth-order valence-corrected chi connectivity index (χ4v) is 0.317. The minimum Gasteiger partial charge on any atom is -0.439 e. The molecule has 1 aliphatic rings. The standard InChI is InChI=1S/C3H3NO3.CH2O/c5-2-1-7-3(6)4-2;1-2/h1H2,(H,4,5,6);1H2. The van der Waals surface area contributed by atoms with Crippen LogP contribution in [0.2, 0.25) is 0 Å². The number of alkyl carbamates (subject to hydrolysis) is 1. The highest BCUT2D eigenvalue weighted by molar-refractivity contribution is 5.97. The number of amides is 2. The summed E-state index contributed by atoms with van der Waals surface area (Å²) in [5, 5.41) is 1.92. The largest absolute Gasteiger partial charge is 0.439 e. The second-order valence-electron chi connectivity index (χ2n) is 1.12. The molecule has 0 aliphatic carbocycles. The van der Waals surface area contributed by atoms with E-state index in [1.165, 1.54) is 0 Å². The molecular weight excluding hydrogens is 126 g/mol. The van der Waals surface area contributed by atoms with Gasteiger partial charge in [0.1, 0.15) is 6.79 Å².